The van der Waals surface area contributed by atoms with Gasteiger partial charge in [-0.3, -0.25) is 18.9 Å². The van der Waals surface area contributed by atoms with Gasteiger partial charge in [-0.1, -0.05) is 11.2 Å². The Balaban J connectivity index is 0.00000353. The molecule has 5 heterocycles. The van der Waals surface area contributed by atoms with Crippen LogP contribution < -0.4 is 45.7 Å². The topological polar surface area (TPSA) is 188 Å². The fraction of sp³-hybridized carbons (Fsp3) is 0.273. The second-order valence-corrected chi connectivity index (χ2v) is 11.0. The molecule has 2 aliphatic heterocycles. The molecule has 0 saturated carbocycles. The quantitative estimate of drug-likeness (QED) is 0.0521. The van der Waals surface area contributed by atoms with Crippen LogP contribution in [0.25, 0.3) is 5.65 Å². The molecular weight excluding hydrogens is 577 g/mol. The number of hydrogen-bond donors (Lipinski definition) is 3. The van der Waals surface area contributed by atoms with Crippen LogP contribution in [0.4, 0.5) is 5.13 Å². The number of thioether (sulfide) groups is 2. The van der Waals surface area contributed by atoms with E-state index < -0.39 is 29.2 Å². The maximum atomic E-state index is 13.0. The van der Waals surface area contributed by atoms with Crippen molar-refractivity contribution in [3.05, 3.63) is 52.9 Å². The molecule has 1 fully saturated rings. The van der Waals surface area contributed by atoms with Gasteiger partial charge >= 0.3 is 29.6 Å². The molecule has 198 valence electrons. The van der Waals surface area contributed by atoms with Gasteiger partial charge in [-0.05, 0) is 17.7 Å². The molecule has 17 heteroatoms. The van der Waals surface area contributed by atoms with E-state index in [4.69, 9.17) is 15.7 Å². The number of nitrogens with zero attached hydrogens (tertiary/aromatic N) is 5. The predicted molar refractivity (Wildman–Crippen MR) is 139 cm³/mol. The number of nitrogen functional groups attached to an aromatic ring is 1. The molecule has 2 atom stereocenters. The number of aliphatic hydroxyl groups excluding tert-OH is 1. The van der Waals surface area contributed by atoms with Crippen LogP contribution in [0.15, 0.2) is 57.4 Å². The fourth-order valence-electron chi connectivity index (χ4n) is 3.94. The standard InChI is InChI=1S/C22H21N7O6S3.Na/c23-22-25-12(10-38-22)15(27-35-7-6-30)18(31)26-16-19(32)29-17(21(33)34)11(9-37-20(16)29)8-36-14-3-1-2-13-24-4-5-28(13)14;/h1-5,10,16,20,30H,6-9H2,(H2,23,25)(H,26,31)(H,33,34);/q;+1/p-1/b27-15-;/t16-,20+;/m1./s1. The van der Waals surface area contributed by atoms with Crippen molar-refractivity contribution >= 4 is 69.1 Å². The maximum absolute atomic E-state index is 13.0. The van der Waals surface area contributed by atoms with Gasteiger partial charge in [-0.15, -0.1) is 34.9 Å². The number of rotatable bonds is 10. The first-order chi connectivity index (χ1) is 18.4. The van der Waals surface area contributed by atoms with Crippen LogP contribution in [-0.2, 0) is 19.2 Å². The molecule has 4 N–H and O–H groups in total. The molecule has 5 rings (SSSR count). The molecule has 0 bridgehead atoms. The van der Waals surface area contributed by atoms with Crippen molar-refractivity contribution in [2.45, 2.75) is 16.4 Å². The fourth-order valence-corrected chi connectivity index (χ4v) is 7.00. The van der Waals surface area contributed by atoms with Crippen molar-refractivity contribution in [1.82, 2.24) is 24.6 Å². The first kappa shape index (κ1) is 29.4. The summed E-state index contributed by atoms with van der Waals surface area (Å²) < 4.78 is 1.89. The van der Waals surface area contributed by atoms with Crippen LogP contribution in [0.3, 0.4) is 0 Å². The maximum Gasteiger partial charge on any atom is 1.00 e. The van der Waals surface area contributed by atoms with Crippen LogP contribution in [0.5, 0.6) is 0 Å². The van der Waals surface area contributed by atoms with Gasteiger partial charge in [0.25, 0.3) is 11.8 Å². The first-order valence-corrected chi connectivity index (χ1v) is 14.1. The Morgan fingerprint density at radius 1 is 1.38 bits per heavy atom. The third-order valence-electron chi connectivity index (χ3n) is 5.63. The number of aromatic nitrogens is 3. The molecule has 2 aliphatic rings. The second kappa shape index (κ2) is 12.7. The number of amides is 2. The van der Waals surface area contributed by atoms with Gasteiger partial charge in [-0.25, -0.2) is 9.97 Å². The van der Waals surface area contributed by atoms with E-state index in [1.54, 1.807) is 6.20 Å². The van der Waals surface area contributed by atoms with E-state index in [0.717, 1.165) is 26.9 Å². The van der Waals surface area contributed by atoms with E-state index in [1.165, 1.54) is 28.9 Å². The van der Waals surface area contributed by atoms with Gasteiger partial charge in [0, 0.05) is 29.3 Å². The normalized spacial score (nSPS) is 18.8. The molecule has 0 unspecified atom stereocenters. The van der Waals surface area contributed by atoms with Crippen LogP contribution in [0.1, 0.15) is 5.69 Å². The molecule has 13 nitrogen and oxygen atoms in total. The smallest absolute Gasteiger partial charge is 0.543 e. The third kappa shape index (κ3) is 5.96. The summed E-state index contributed by atoms with van der Waals surface area (Å²) in [6.07, 6.45) is 3.49. The Labute approximate surface area is 256 Å². The monoisotopic (exact) mass is 597 g/mol. The number of carboxylic acids is 1. The van der Waals surface area contributed by atoms with E-state index in [9.17, 15) is 19.5 Å². The molecule has 0 aromatic carbocycles. The average molecular weight is 598 g/mol. The number of fused-ring (bicyclic) bond motifs is 2. The molecule has 0 radical (unpaired) electrons. The van der Waals surface area contributed by atoms with Crippen LogP contribution in [-0.4, -0.2) is 84.0 Å². The Hall–Kier alpha value is -2.60. The molecule has 3 aromatic heterocycles. The van der Waals surface area contributed by atoms with E-state index in [0.29, 0.717) is 17.1 Å². The largest absolute Gasteiger partial charge is 1.00 e. The van der Waals surface area contributed by atoms with Gasteiger partial charge in [0.05, 0.1) is 23.3 Å². The minimum absolute atomic E-state index is 0. The minimum Gasteiger partial charge on any atom is -0.543 e. The van der Waals surface area contributed by atoms with E-state index in [1.807, 2.05) is 28.8 Å². The zero-order valence-electron chi connectivity index (χ0n) is 20.5. The Morgan fingerprint density at radius 3 is 2.92 bits per heavy atom. The Morgan fingerprint density at radius 2 is 2.21 bits per heavy atom. The van der Waals surface area contributed by atoms with Crippen LogP contribution in [0, 0.1) is 0 Å². The van der Waals surface area contributed by atoms with Crippen molar-refractivity contribution in [2.24, 2.45) is 5.16 Å². The van der Waals surface area contributed by atoms with Crippen LogP contribution in [0.2, 0.25) is 0 Å². The summed E-state index contributed by atoms with van der Waals surface area (Å²) in [7, 11) is 0. The molecule has 0 aliphatic carbocycles. The van der Waals surface area contributed by atoms with Crippen molar-refractivity contribution in [3.8, 4) is 0 Å². The number of pyridine rings is 1. The summed E-state index contributed by atoms with van der Waals surface area (Å²) in [5.41, 5.74) is 6.72. The summed E-state index contributed by atoms with van der Waals surface area (Å²) in [4.78, 5) is 52.5. The summed E-state index contributed by atoms with van der Waals surface area (Å²) in [5, 5.41) is 29.3. The summed E-state index contributed by atoms with van der Waals surface area (Å²) in [6.45, 7) is -0.469. The zero-order valence-corrected chi connectivity index (χ0v) is 24.9. The van der Waals surface area contributed by atoms with E-state index >= 15 is 0 Å². The number of hydrogen-bond acceptors (Lipinski definition) is 13. The number of aliphatic hydroxyl groups is 1. The summed E-state index contributed by atoms with van der Waals surface area (Å²) in [6, 6.07) is 4.64. The number of carbonyl (C=O) groups excluding carboxylic acids is 3. The second-order valence-electron chi connectivity index (χ2n) is 7.98. The predicted octanol–water partition coefficient (Wildman–Crippen LogP) is -3.71. The number of β-lactam (4-membered cyclic amide) rings is 1. The number of nitrogens with one attached hydrogen (secondary N) is 1. The van der Waals surface area contributed by atoms with Crippen molar-refractivity contribution < 1.29 is 59.0 Å². The number of thiazole rings is 1. The van der Waals surface area contributed by atoms with Gasteiger partial charge in [0.2, 0.25) is 0 Å². The van der Waals surface area contributed by atoms with Gasteiger partial charge in [0.15, 0.2) is 10.8 Å². The van der Waals surface area contributed by atoms with E-state index in [-0.39, 0.29) is 65.0 Å². The Bertz CT molecular complexity index is 1470. The molecule has 1 saturated heterocycles. The van der Waals surface area contributed by atoms with E-state index in [2.05, 4.69) is 20.4 Å². The number of carboxylic acid groups (broad SMARTS) is 1. The Kier molecular flexibility index (Phi) is 9.58. The number of aliphatic carboxylic acids is 1. The van der Waals surface area contributed by atoms with Crippen molar-refractivity contribution in [2.75, 3.05) is 30.5 Å². The average Bonchev–Trinajstić information content (AvgIpc) is 3.57. The number of oxime groups is 1. The van der Waals surface area contributed by atoms with Crippen molar-refractivity contribution in [1.29, 1.82) is 0 Å². The molecule has 3 aromatic rings. The number of nitrogens with two attached hydrogens (primary N) is 1. The number of carbonyl (C=O) groups is 3. The zero-order chi connectivity index (χ0) is 26.8. The first-order valence-electron chi connectivity index (χ1n) is 11.1. The van der Waals surface area contributed by atoms with Crippen molar-refractivity contribution in [3.63, 3.8) is 0 Å². The summed E-state index contributed by atoms with van der Waals surface area (Å²) >= 11 is 3.86. The number of anilines is 1. The molecule has 39 heavy (non-hydrogen) atoms. The molecule has 0 spiro atoms. The minimum atomic E-state index is -1.46. The van der Waals surface area contributed by atoms with Gasteiger partial charge < -0.3 is 30.9 Å². The summed E-state index contributed by atoms with van der Waals surface area (Å²) in [5.74, 6) is -2.13. The van der Waals surface area contributed by atoms with Gasteiger partial charge in [-0.2, -0.15) is 0 Å². The third-order valence-corrected chi connectivity index (χ3v) is 8.77. The molecular formula is C22H20N7NaO6S3. The van der Waals surface area contributed by atoms with Gasteiger partial charge in [0.1, 0.15) is 29.4 Å². The SMILES string of the molecule is Nc1nc(/C(=N/OCCO)C(=O)N[C@@H]2C(=O)N3C(C(=O)[O-])=C(CSc4cccc5nccn45)CS[C@@H]23)cs1.[Na+]. The molecule has 2 amide bonds. The number of imidazole rings is 1. The van der Waals surface area contributed by atoms with Crippen LogP contribution >= 0.6 is 34.9 Å².